The Hall–Kier alpha value is -2.87. The van der Waals surface area contributed by atoms with E-state index in [1.54, 1.807) is 18.2 Å². The van der Waals surface area contributed by atoms with Gasteiger partial charge in [-0.2, -0.15) is 0 Å². The van der Waals surface area contributed by atoms with Crippen LogP contribution >= 0.6 is 0 Å². The molecular weight excluding hydrogens is 329 g/mol. The first kappa shape index (κ1) is 17.0. The summed E-state index contributed by atoms with van der Waals surface area (Å²) in [5, 5.41) is 14.9. The first-order chi connectivity index (χ1) is 12.0. The molecule has 2 atom stereocenters. The fourth-order valence-electron chi connectivity index (χ4n) is 2.74. The quantitative estimate of drug-likeness (QED) is 0.785. The van der Waals surface area contributed by atoms with Crippen LogP contribution in [0.1, 0.15) is 12.2 Å². The van der Waals surface area contributed by atoms with Gasteiger partial charge in [0.25, 0.3) is 0 Å². The van der Waals surface area contributed by atoms with Crippen molar-refractivity contribution in [3.8, 4) is 0 Å². The van der Waals surface area contributed by atoms with E-state index < -0.39 is 29.9 Å². The molecule has 132 valence electrons. The van der Waals surface area contributed by atoms with Crippen LogP contribution in [0.2, 0.25) is 0 Å². The third kappa shape index (κ3) is 3.97. The van der Waals surface area contributed by atoms with Crippen LogP contribution in [0.15, 0.2) is 47.1 Å². The number of aliphatic hydroxyl groups excluding tert-OH is 1. The number of hydrogen-bond acceptors (Lipinski definition) is 4. The molecule has 1 saturated heterocycles. The number of anilines is 1. The number of nitrogens with one attached hydrogen (secondary N) is 2. The van der Waals surface area contributed by atoms with Gasteiger partial charge in [0, 0.05) is 13.0 Å². The highest BCUT2D eigenvalue weighted by Gasteiger charge is 2.39. The van der Waals surface area contributed by atoms with Gasteiger partial charge in [0.2, 0.25) is 5.91 Å². The van der Waals surface area contributed by atoms with Gasteiger partial charge >= 0.3 is 6.03 Å². The molecule has 1 fully saturated rings. The second kappa shape index (κ2) is 7.35. The van der Waals surface area contributed by atoms with Gasteiger partial charge in [-0.25, -0.2) is 9.18 Å². The maximum Gasteiger partial charge on any atom is 0.322 e. The number of benzene rings is 1. The van der Waals surface area contributed by atoms with E-state index in [4.69, 9.17) is 4.42 Å². The third-order valence-electron chi connectivity index (χ3n) is 3.97. The van der Waals surface area contributed by atoms with Crippen LogP contribution in [-0.4, -0.2) is 40.6 Å². The van der Waals surface area contributed by atoms with Gasteiger partial charge in [-0.3, -0.25) is 4.79 Å². The van der Waals surface area contributed by atoms with Crippen molar-refractivity contribution in [3.63, 3.8) is 0 Å². The minimum absolute atomic E-state index is 0.000868. The minimum atomic E-state index is -0.836. The Kier molecular flexibility index (Phi) is 4.99. The SMILES string of the molecule is O=C(NCc1ccco1)[C@H]1C[C@H](O)CN1C(=O)Nc1ccccc1F. The Morgan fingerprint density at radius 1 is 1.28 bits per heavy atom. The molecule has 0 bridgehead atoms. The number of nitrogens with zero attached hydrogens (tertiary/aromatic N) is 1. The Bertz CT molecular complexity index is 750. The number of carbonyl (C=O) groups excluding carboxylic acids is 2. The van der Waals surface area contributed by atoms with E-state index in [1.165, 1.54) is 29.4 Å². The van der Waals surface area contributed by atoms with Gasteiger partial charge in [-0.05, 0) is 24.3 Å². The van der Waals surface area contributed by atoms with Crippen LogP contribution in [0.25, 0.3) is 0 Å². The smallest absolute Gasteiger partial charge is 0.322 e. The molecule has 25 heavy (non-hydrogen) atoms. The molecule has 3 rings (SSSR count). The highest BCUT2D eigenvalue weighted by Crippen LogP contribution is 2.21. The van der Waals surface area contributed by atoms with Crippen LogP contribution < -0.4 is 10.6 Å². The number of furan rings is 1. The molecule has 0 saturated carbocycles. The maximum absolute atomic E-state index is 13.7. The highest BCUT2D eigenvalue weighted by molar-refractivity contribution is 5.94. The summed E-state index contributed by atoms with van der Waals surface area (Å²) in [5.41, 5.74) is 0.0173. The van der Waals surface area contributed by atoms with Crippen LogP contribution in [0.5, 0.6) is 0 Å². The van der Waals surface area contributed by atoms with Crippen LogP contribution in [-0.2, 0) is 11.3 Å². The Morgan fingerprint density at radius 3 is 2.80 bits per heavy atom. The molecule has 1 aliphatic heterocycles. The number of rotatable bonds is 4. The summed E-state index contributed by atoms with van der Waals surface area (Å²) in [7, 11) is 0. The van der Waals surface area contributed by atoms with Gasteiger partial charge in [0.15, 0.2) is 0 Å². The molecule has 0 unspecified atom stereocenters. The molecule has 1 aromatic carbocycles. The number of halogens is 1. The van der Waals surface area contributed by atoms with E-state index in [0.29, 0.717) is 5.76 Å². The normalized spacial score (nSPS) is 19.7. The summed E-state index contributed by atoms with van der Waals surface area (Å²) in [6.45, 7) is 0.181. The number of carbonyl (C=O) groups is 2. The van der Waals surface area contributed by atoms with Crippen molar-refractivity contribution < 1.29 is 23.5 Å². The van der Waals surface area contributed by atoms with Gasteiger partial charge in [-0.1, -0.05) is 12.1 Å². The number of amides is 3. The average Bonchev–Trinajstić information content (AvgIpc) is 3.24. The molecule has 1 aromatic heterocycles. The Morgan fingerprint density at radius 2 is 2.08 bits per heavy atom. The van der Waals surface area contributed by atoms with E-state index in [0.717, 1.165) is 0 Å². The third-order valence-corrected chi connectivity index (χ3v) is 3.97. The zero-order chi connectivity index (χ0) is 17.8. The number of hydrogen-bond donors (Lipinski definition) is 3. The predicted molar refractivity (Wildman–Crippen MR) is 87.1 cm³/mol. The van der Waals surface area contributed by atoms with Crippen LogP contribution in [0.4, 0.5) is 14.9 Å². The molecule has 1 aliphatic rings. The summed E-state index contributed by atoms with van der Waals surface area (Å²) in [6, 6.07) is 7.69. The molecule has 0 radical (unpaired) electrons. The van der Waals surface area contributed by atoms with Crippen LogP contribution in [0.3, 0.4) is 0 Å². The zero-order valence-corrected chi connectivity index (χ0v) is 13.3. The molecule has 0 spiro atoms. The Labute approximate surface area is 143 Å². The van der Waals surface area contributed by atoms with Crippen molar-refractivity contribution in [2.24, 2.45) is 0 Å². The summed E-state index contributed by atoms with van der Waals surface area (Å²) in [6.07, 6.45) is 0.801. The lowest BCUT2D eigenvalue weighted by Crippen LogP contribution is -2.47. The number of urea groups is 1. The lowest BCUT2D eigenvalue weighted by molar-refractivity contribution is -0.125. The van der Waals surface area contributed by atoms with E-state index in [1.807, 2.05) is 0 Å². The van der Waals surface area contributed by atoms with E-state index in [2.05, 4.69) is 10.6 Å². The van der Waals surface area contributed by atoms with Crippen molar-refractivity contribution in [3.05, 3.63) is 54.2 Å². The molecule has 3 N–H and O–H groups in total. The summed E-state index contributed by atoms with van der Waals surface area (Å²) in [5.74, 6) is -0.402. The van der Waals surface area contributed by atoms with Gasteiger partial charge < -0.3 is 25.1 Å². The van der Waals surface area contributed by atoms with Crippen molar-refractivity contribution in [1.29, 1.82) is 0 Å². The second-order valence-electron chi connectivity index (χ2n) is 5.76. The average molecular weight is 347 g/mol. The summed E-state index contributed by atoms with van der Waals surface area (Å²) < 4.78 is 18.8. The number of β-amino-alcohol motifs (C(OH)–C–C–N with tert-alkyl or cyclic N) is 1. The monoisotopic (exact) mass is 347 g/mol. The van der Waals surface area contributed by atoms with E-state index in [-0.39, 0.29) is 25.2 Å². The van der Waals surface area contributed by atoms with Gasteiger partial charge in [0.1, 0.15) is 17.6 Å². The summed E-state index contributed by atoms with van der Waals surface area (Å²) >= 11 is 0. The molecule has 7 nitrogen and oxygen atoms in total. The van der Waals surface area contributed by atoms with Gasteiger partial charge in [0.05, 0.1) is 24.6 Å². The summed E-state index contributed by atoms with van der Waals surface area (Å²) in [4.78, 5) is 26.0. The van der Waals surface area contributed by atoms with E-state index >= 15 is 0 Å². The molecule has 8 heteroatoms. The minimum Gasteiger partial charge on any atom is -0.467 e. The number of aliphatic hydroxyl groups is 1. The van der Waals surface area contributed by atoms with E-state index in [9.17, 15) is 19.1 Å². The molecule has 2 heterocycles. The number of likely N-dealkylation sites (tertiary alicyclic amines) is 1. The second-order valence-corrected chi connectivity index (χ2v) is 5.76. The maximum atomic E-state index is 13.7. The van der Waals surface area contributed by atoms with Crippen molar-refractivity contribution in [1.82, 2.24) is 10.2 Å². The lowest BCUT2D eigenvalue weighted by Gasteiger charge is -2.24. The standard InChI is InChI=1S/C17H18FN3O4/c18-13-5-1-2-6-14(13)20-17(24)21-10-11(22)8-15(21)16(23)19-9-12-4-3-7-25-12/h1-7,11,15,22H,8-10H2,(H,19,23)(H,20,24)/t11-,15+/m0/s1. The zero-order valence-electron chi connectivity index (χ0n) is 13.3. The van der Waals surface area contributed by atoms with Crippen LogP contribution in [0, 0.1) is 5.82 Å². The van der Waals surface area contributed by atoms with Crippen molar-refractivity contribution in [2.75, 3.05) is 11.9 Å². The first-order valence-corrected chi connectivity index (χ1v) is 7.85. The lowest BCUT2D eigenvalue weighted by atomic mass is 10.2. The molecular formula is C17H18FN3O4. The largest absolute Gasteiger partial charge is 0.467 e. The predicted octanol–water partition coefficient (Wildman–Crippen LogP) is 1.70. The van der Waals surface area contributed by atoms with Crippen molar-refractivity contribution >= 4 is 17.6 Å². The first-order valence-electron chi connectivity index (χ1n) is 7.85. The number of para-hydroxylation sites is 1. The molecule has 0 aliphatic carbocycles. The highest BCUT2D eigenvalue weighted by atomic mass is 19.1. The van der Waals surface area contributed by atoms with Gasteiger partial charge in [-0.15, -0.1) is 0 Å². The molecule has 3 amide bonds. The van der Waals surface area contributed by atoms with Crippen molar-refractivity contribution in [2.45, 2.75) is 25.1 Å². The fraction of sp³-hybridized carbons (Fsp3) is 0.294. The Balaban J connectivity index is 1.65. The fourth-order valence-corrected chi connectivity index (χ4v) is 2.74. The molecule has 2 aromatic rings. The topological polar surface area (TPSA) is 94.8 Å².